The molecule has 6 nitrogen and oxygen atoms in total. The van der Waals surface area contributed by atoms with Crippen molar-refractivity contribution in [3.05, 3.63) is 66.1 Å². The highest BCUT2D eigenvalue weighted by atomic mass is 16.5. The smallest absolute Gasteiger partial charge is 0.338 e. The molecule has 0 saturated carbocycles. The first-order chi connectivity index (χ1) is 11.2. The zero-order valence-electron chi connectivity index (χ0n) is 12.5. The first-order valence-electron chi connectivity index (χ1n) is 7.19. The third-order valence-electron chi connectivity index (χ3n) is 3.32. The van der Waals surface area contributed by atoms with Crippen LogP contribution in [0.1, 0.15) is 27.6 Å². The van der Waals surface area contributed by atoms with Crippen LogP contribution in [0, 0.1) is 0 Å². The maximum Gasteiger partial charge on any atom is 0.338 e. The predicted octanol–water partition coefficient (Wildman–Crippen LogP) is 2.76. The first kappa shape index (κ1) is 14.8. The SMILES string of the molecule is CCOC(=O)c1ccc(NC(=O)c2cccn3ccnc23)cc1. The summed E-state index contributed by atoms with van der Waals surface area (Å²) in [6, 6.07) is 10.1. The Morgan fingerprint density at radius 1 is 1.17 bits per heavy atom. The van der Waals surface area contributed by atoms with E-state index in [4.69, 9.17) is 4.74 Å². The third-order valence-corrected chi connectivity index (χ3v) is 3.32. The van der Waals surface area contributed by atoms with Gasteiger partial charge in [0.1, 0.15) is 5.65 Å². The second-order valence-corrected chi connectivity index (χ2v) is 4.83. The molecule has 1 amide bonds. The van der Waals surface area contributed by atoms with Crippen LogP contribution in [-0.2, 0) is 4.74 Å². The molecule has 3 rings (SSSR count). The molecule has 6 heteroatoms. The topological polar surface area (TPSA) is 72.7 Å². The number of pyridine rings is 1. The minimum absolute atomic E-state index is 0.259. The van der Waals surface area contributed by atoms with Gasteiger partial charge in [-0.2, -0.15) is 0 Å². The normalized spacial score (nSPS) is 10.5. The average molecular weight is 309 g/mol. The van der Waals surface area contributed by atoms with Gasteiger partial charge in [0.05, 0.1) is 17.7 Å². The van der Waals surface area contributed by atoms with Crippen LogP contribution in [-0.4, -0.2) is 27.9 Å². The van der Waals surface area contributed by atoms with E-state index in [1.165, 1.54) is 0 Å². The number of ether oxygens (including phenoxy) is 1. The van der Waals surface area contributed by atoms with Crippen LogP contribution in [0.15, 0.2) is 55.0 Å². The van der Waals surface area contributed by atoms with E-state index in [2.05, 4.69) is 10.3 Å². The molecular formula is C17H15N3O3. The van der Waals surface area contributed by atoms with Crippen LogP contribution in [0.3, 0.4) is 0 Å². The summed E-state index contributed by atoms with van der Waals surface area (Å²) in [5.74, 6) is -0.641. The Balaban J connectivity index is 1.78. The fourth-order valence-electron chi connectivity index (χ4n) is 2.23. The zero-order chi connectivity index (χ0) is 16.2. The highest BCUT2D eigenvalue weighted by Gasteiger charge is 2.12. The van der Waals surface area contributed by atoms with Crippen LogP contribution in [0.5, 0.6) is 0 Å². The lowest BCUT2D eigenvalue weighted by molar-refractivity contribution is 0.0526. The largest absolute Gasteiger partial charge is 0.462 e. The van der Waals surface area contributed by atoms with E-state index in [0.29, 0.717) is 29.1 Å². The molecule has 0 unspecified atom stereocenters. The molecule has 0 fully saturated rings. The van der Waals surface area contributed by atoms with Crippen molar-refractivity contribution in [3.8, 4) is 0 Å². The van der Waals surface area contributed by atoms with Crippen molar-refractivity contribution < 1.29 is 14.3 Å². The summed E-state index contributed by atoms with van der Waals surface area (Å²) < 4.78 is 6.70. The van der Waals surface area contributed by atoms with E-state index in [1.807, 2.05) is 6.20 Å². The van der Waals surface area contributed by atoms with Crippen molar-refractivity contribution in [2.24, 2.45) is 0 Å². The molecule has 2 heterocycles. The lowest BCUT2D eigenvalue weighted by Crippen LogP contribution is -2.13. The number of hydrogen-bond donors (Lipinski definition) is 1. The molecule has 1 aromatic carbocycles. The van der Waals surface area contributed by atoms with Crippen molar-refractivity contribution >= 4 is 23.2 Å². The van der Waals surface area contributed by atoms with Gasteiger partial charge in [-0.05, 0) is 43.3 Å². The Morgan fingerprint density at radius 3 is 2.70 bits per heavy atom. The number of benzene rings is 1. The van der Waals surface area contributed by atoms with E-state index >= 15 is 0 Å². The number of anilines is 1. The summed E-state index contributed by atoms with van der Waals surface area (Å²) in [5.41, 5.74) is 2.11. The van der Waals surface area contributed by atoms with E-state index in [-0.39, 0.29) is 11.9 Å². The molecular weight excluding hydrogens is 294 g/mol. The molecule has 3 aromatic rings. The zero-order valence-corrected chi connectivity index (χ0v) is 12.5. The van der Waals surface area contributed by atoms with Crippen molar-refractivity contribution in [2.75, 3.05) is 11.9 Å². The number of fused-ring (bicyclic) bond motifs is 1. The maximum atomic E-state index is 12.4. The Labute approximate surface area is 132 Å². The molecule has 0 bridgehead atoms. The van der Waals surface area contributed by atoms with Gasteiger partial charge in [0.15, 0.2) is 0 Å². The van der Waals surface area contributed by atoms with Gasteiger partial charge in [-0.25, -0.2) is 9.78 Å². The van der Waals surface area contributed by atoms with Crippen LogP contribution < -0.4 is 5.32 Å². The summed E-state index contributed by atoms with van der Waals surface area (Å²) in [5, 5.41) is 2.79. The van der Waals surface area contributed by atoms with Crippen molar-refractivity contribution in [1.82, 2.24) is 9.38 Å². The second-order valence-electron chi connectivity index (χ2n) is 4.83. The van der Waals surface area contributed by atoms with Gasteiger partial charge in [-0.1, -0.05) is 0 Å². The molecule has 0 spiro atoms. The summed E-state index contributed by atoms with van der Waals surface area (Å²) in [4.78, 5) is 28.2. The van der Waals surface area contributed by atoms with E-state index < -0.39 is 0 Å². The van der Waals surface area contributed by atoms with Crippen LogP contribution in [0.4, 0.5) is 5.69 Å². The monoisotopic (exact) mass is 309 g/mol. The number of nitrogens with one attached hydrogen (secondary N) is 1. The number of rotatable bonds is 4. The minimum atomic E-state index is -0.382. The summed E-state index contributed by atoms with van der Waals surface area (Å²) >= 11 is 0. The standard InChI is InChI=1S/C17H15N3O3/c1-2-23-17(22)12-5-7-13(8-6-12)19-16(21)14-4-3-10-20-11-9-18-15(14)20/h3-11H,2H2,1H3,(H,19,21). The fraction of sp³-hybridized carbons (Fsp3) is 0.118. The lowest BCUT2D eigenvalue weighted by Gasteiger charge is -2.07. The van der Waals surface area contributed by atoms with Crippen LogP contribution >= 0.6 is 0 Å². The molecule has 0 saturated heterocycles. The van der Waals surface area contributed by atoms with Crippen molar-refractivity contribution in [1.29, 1.82) is 0 Å². The molecule has 0 aliphatic carbocycles. The molecule has 1 N–H and O–H groups in total. The van der Waals surface area contributed by atoms with Gasteiger partial charge in [0.2, 0.25) is 0 Å². The van der Waals surface area contributed by atoms with Crippen LogP contribution in [0.2, 0.25) is 0 Å². The molecule has 116 valence electrons. The Morgan fingerprint density at radius 2 is 1.96 bits per heavy atom. The van der Waals surface area contributed by atoms with Crippen molar-refractivity contribution in [2.45, 2.75) is 6.92 Å². The molecule has 23 heavy (non-hydrogen) atoms. The Bertz CT molecular complexity index is 853. The second kappa shape index (κ2) is 6.31. The number of nitrogens with zero attached hydrogens (tertiary/aromatic N) is 2. The molecule has 0 atom stereocenters. The van der Waals surface area contributed by atoms with Crippen LogP contribution in [0.25, 0.3) is 5.65 Å². The minimum Gasteiger partial charge on any atom is -0.462 e. The third kappa shape index (κ3) is 3.06. The maximum absolute atomic E-state index is 12.4. The summed E-state index contributed by atoms with van der Waals surface area (Å²) in [6.07, 6.45) is 5.24. The Kier molecular flexibility index (Phi) is 4.05. The van der Waals surface area contributed by atoms with E-state index in [1.54, 1.807) is 60.1 Å². The molecule has 2 aromatic heterocycles. The number of aromatic nitrogens is 2. The number of carbonyl (C=O) groups excluding carboxylic acids is 2. The number of hydrogen-bond acceptors (Lipinski definition) is 4. The van der Waals surface area contributed by atoms with Gasteiger partial charge in [-0.3, -0.25) is 4.79 Å². The average Bonchev–Trinajstić information content (AvgIpc) is 3.04. The van der Waals surface area contributed by atoms with Gasteiger partial charge in [-0.15, -0.1) is 0 Å². The highest BCUT2D eigenvalue weighted by molar-refractivity contribution is 6.08. The predicted molar refractivity (Wildman–Crippen MR) is 85.5 cm³/mol. The van der Waals surface area contributed by atoms with E-state index in [0.717, 1.165) is 0 Å². The highest BCUT2D eigenvalue weighted by Crippen LogP contribution is 2.14. The Hall–Kier alpha value is -3.15. The molecule has 0 aliphatic heterocycles. The quantitative estimate of drug-likeness (QED) is 0.752. The van der Waals surface area contributed by atoms with Gasteiger partial charge in [0.25, 0.3) is 5.91 Å². The lowest BCUT2D eigenvalue weighted by atomic mass is 10.2. The number of esters is 1. The number of imidazole rings is 1. The van der Waals surface area contributed by atoms with Gasteiger partial charge >= 0.3 is 5.97 Å². The van der Waals surface area contributed by atoms with E-state index in [9.17, 15) is 9.59 Å². The fourth-order valence-corrected chi connectivity index (χ4v) is 2.23. The number of amides is 1. The van der Waals surface area contributed by atoms with Gasteiger partial charge < -0.3 is 14.5 Å². The summed E-state index contributed by atoms with van der Waals surface area (Å²) in [6.45, 7) is 2.08. The molecule has 0 radical (unpaired) electrons. The summed E-state index contributed by atoms with van der Waals surface area (Å²) in [7, 11) is 0. The number of carbonyl (C=O) groups is 2. The first-order valence-corrected chi connectivity index (χ1v) is 7.19. The molecule has 0 aliphatic rings. The van der Waals surface area contributed by atoms with Crippen molar-refractivity contribution in [3.63, 3.8) is 0 Å². The van der Waals surface area contributed by atoms with Gasteiger partial charge in [0, 0.05) is 24.3 Å².